The molecule has 0 aliphatic heterocycles. The minimum atomic E-state index is -0.479. The van der Waals surface area contributed by atoms with E-state index in [0.717, 1.165) is 10.9 Å². The van der Waals surface area contributed by atoms with Gasteiger partial charge in [-0.25, -0.2) is 9.78 Å². The van der Waals surface area contributed by atoms with Crippen molar-refractivity contribution >= 4 is 46.3 Å². The van der Waals surface area contributed by atoms with Crippen molar-refractivity contribution in [1.82, 2.24) is 20.2 Å². The minimum absolute atomic E-state index is 0.103. The smallest absolute Gasteiger partial charge is 0.331 e. The van der Waals surface area contributed by atoms with Gasteiger partial charge in [0.25, 0.3) is 5.91 Å². The molecule has 4 aromatic rings. The number of benzene rings is 1. The lowest BCUT2D eigenvalue weighted by atomic mass is 9.86. The fraction of sp³-hybridized carbons (Fsp3) is 0.312. The molecule has 222 valence electrons. The molecular weight excluding hydrogens is 548 g/mol. The van der Waals surface area contributed by atoms with E-state index in [2.05, 4.69) is 25.5 Å². The largest absolute Gasteiger partial charge is 0.460 e. The van der Waals surface area contributed by atoms with Crippen LogP contribution in [0.4, 0.5) is 11.5 Å². The van der Waals surface area contributed by atoms with Crippen LogP contribution in [0.3, 0.4) is 0 Å². The SMILES string of the molecule is CC(C)OC(=O)/C=C/c1cccc(N(Cc2ccc(C(=O)Nc3cccc4cn[nH]c34)nc2)C(=O)C2CCC(O)CC2)n1. The van der Waals surface area contributed by atoms with Crippen LogP contribution in [0.1, 0.15) is 61.3 Å². The fourth-order valence-electron chi connectivity index (χ4n) is 5.02. The van der Waals surface area contributed by atoms with E-state index in [1.54, 1.807) is 73.6 Å². The molecule has 1 aliphatic carbocycles. The quantitative estimate of drug-likeness (QED) is 0.191. The van der Waals surface area contributed by atoms with Gasteiger partial charge < -0.3 is 15.2 Å². The molecular formula is C32H34N6O5. The Balaban J connectivity index is 1.35. The summed E-state index contributed by atoms with van der Waals surface area (Å²) in [6.07, 6.45) is 7.77. The van der Waals surface area contributed by atoms with Gasteiger partial charge in [-0.2, -0.15) is 5.10 Å². The van der Waals surface area contributed by atoms with E-state index in [-0.39, 0.29) is 36.1 Å². The summed E-state index contributed by atoms with van der Waals surface area (Å²) in [4.78, 5) is 49.3. The molecule has 3 heterocycles. The predicted octanol–water partition coefficient (Wildman–Crippen LogP) is 4.65. The predicted molar refractivity (Wildman–Crippen MR) is 162 cm³/mol. The molecule has 1 fully saturated rings. The molecule has 5 rings (SSSR count). The van der Waals surface area contributed by atoms with E-state index >= 15 is 0 Å². The number of carbonyl (C=O) groups excluding carboxylic acids is 3. The summed E-state index contributed by atoms with van der Waals surface area (Å²) in [5, 5.41) is 20.6. The number of nitrogens with zero attached hydrogens (tertiary/aromatic N) is 4. The van der Waals surface area contributed by atoms with Gasteiger partial charge in [-0.3, -0.25) is 24.6 Å². The van der Waals surface area contributed by atoms with Crippen molar-refractivity contribution in [2.45, 2.75) is 58.3 Å². The average Bonchev–Trinajstić information content (AvgIpc) is 3.49. The van der Waals surface area contributed by atoms with E-state index in [9.17, 15) is 19.5 Å². The Morgan fingerprint density at radius 3 is 2.60 bits per heavy atom. The van der Waals surface area contributed by atoms with Crippen LogP contribution in [0.15, 0.2) is 67.0 Å². The summed E-state index contributed by atoms with van der Waals surface area (Å²) in [6.45, 7) is 3.72. The first-order chi connectivity index (χ1) is 20.8. The van der Waals surface area contributed by atoms with Gasteiger partial charge in [0.1, 0.15) is 11.5 Å². The zero-order valence-corrected chi connectivity index (χ0v) is 24.1. The molecule has 0 spiro atoms. The van der Waals surface area contributed by atoms with E-state index < -0.39 is 12.1 Å². The van der Waals surface area contributed by atoms with Crippen molar-refractivity contribution in [3.8, 4) is 0 Å². The topological polar surface area (TPSA) is 150 Å². The maximum absolute atomic E-state index is 13.8. The van der Waals surface area contributed by atoms with Crippen LogP contribution in [0.2, 0.25) is 0 Å². The standard InChI is InChI=1S/C32H34N6O5/c1-20(2)43-29(40)16-12-24-6-4-8-28(35-24)38(32(42)22-10-13-25(39)14-11-22)19-21-9-15-27(33-17-21)31(41)36-26-7-3-5-23-18-34-37-30(23)26/h3-9,12,15-18,20,22,25,39H,10-11,13-14,19H2,1-2H3,(H,34,37)(H,36,41)/b16-12+. The Labute approximate surface area is 249 Å². The number of rotatable bonds is 9. The van der Waals surface area contributed by atoms with Crippen molar-refractivity contribution in [2.75, 3.05) is 10.2 Å². The number of aromatic amines is 1. The van der Waals surface area contributed by atoms with Crippen LogP contribution >= 0.6 is 0 Å². The lowest BCUT2D eigenvalue weighted by Crippen LogP contribution is -2.38. The number of carbonyl (C=O) groups is 3. The maximum Gasteiger partial charge on any atom is 0.331 e. The Morgan fingerprint density at radius 2 is 1.86 bits per heavy atom. The number of aromatic nitrogens is 4. The summed E-state index contributed by atoms with van der Waals surface area (Å²) >= 11 is 0. The Hall–Kier alpha value is -4.90. The lowest BCUT2D eigenvalue weighted by molar-refractivity contribution is -0.141. The van der Waals surface area contributed by atoms with Gasteiger partial charge >= 0.3 is 5.97 Å². The maximum atomic E-state index is 13.8. The van der Waals surface area contributed by atoms with Crippen molar-refractivity contribution in [3.05, 3.63) is 84.0 Å². The molecule has 1 aliphatic rings. The molecule has 11 heteroatoms. The molecule has 0 bridgehead atoms. The van der Waals surface area contributed by atoms with Crippen LogP contribution in [-0.2, 0) is 20.9 Å². The average molecular weight is 583 g/mol. The van der Waals surface area contributed by atoms with Gasteiger partial charge in [-0.05, 0) is 75.4 Å². The molecule has 0 unspecified atom stereocenters. The number of anilines is 2. The van der Waals surface area contributed by atoms with E-state index in [1.807, 2.05) is 12.1 Å². The number of ether oxygens (including phenoxy) is 1. The zero-order valence-electron chi connectivity index (χ0n) is 24.1. The van der Waals surface area contributed by atoms with Crippen LogP contribution in [-0.4, -0.2) is 55.3 Å². The van der Waals surface area contributed by atoms with Crippen molar-refractivity contribution in [3.63, 3.8) is 0 Å². The molecule has 1 aromatic carbocycles. The van der Waals surface area contributed by atoms with Crippen LogP contribution in [0.5, 0.6) is 0 Å². The van der Waals surface area contributed by atoms with Gasteiger partial charge in [0.05, 0.1) is 41.8 Å². The van der Waals surface area contributed by atoms with Gasteiger partial charge in [-0.15, -0.1) is 0 Å². The number of fused-ring (bicyclic) bond motifs is 1. The number of amides is 2. The lowest BCUT2D eigenvalue weighted by Gasteiger charge is -2.30. The van der Waals surface area contributed by atoms with Crippen molar-refractivity contribution < 1.29 is 24.2 Å². The first-order valence-corrected chi connectivity index (χ1v) is 14.3. The highest BCUT2D eigenvalue weighted by atomic mass is 16.5. The number of aliphatic hydroxyl groups is 1. The van der Waals surface area contributed by atoms with Crippen LogP contribution in [0, 0.1) is 5.92 Å². The van der Waals surface area contributed by atoms with Gasteiger partial charge in [0.2, 0.25) is 5.91 Å². The fourth-order valence-corrected chi connectivity index (χ4v) is 5.02. The second-order valence-corrected chi connectivity index (χ2v) is 10.8. The second kappa shape index (κ2) is 13.4. The number of para-hydroxylation sites is 1. The normalized spacial score (nSPS) is 16.8. The van der Waals surface area contributed by atoms with Crippen LogP contribution in [0.25, 0.3) is 17.0 Å². The van der Waals surface area contributed by atoms with Gasteiger partial charge in [0, 0.05) is 23.6 Å². The highest BCUT2D eigenvalue weighted by Crippen LogP contribution is 2.29. The molecule has 0 saturated heterocycles. The Morgan fingerprint density at radius 1 is 1.07 bits per heavy atom. The summed E-state index contributed by atoms with van der Waals surface area (Å²) < 4.78 is 5.15. The molecule has 11 nitrogen and oxygen atoms in total. The number of hydrogen-bond acceptors (Lipinski definition) is 8. The monoisotopic (exact) mass is 582 g/mol. The number of H-pyrrole nitrogens is 1. The summed E-state index contributed by atoms with van der Waals surface area (Å²) in [6, 6.07) is 14.1. The molecule has 3 N–H and O–H groups in total. The molecule has 3 aromatic heterocycles. The number of hydrogen-bond donors (Lipinski definition) is 3. The second-order valence-electron chi connectivity index (χ2n) is 10.8. The first-order valence-electron chi connectivity index (χ1n) is 14.3. The Kier molecular flexibility index (Phi) is 9.21. The van der Waals surface area contributed by atoms with E-state index in [1.165, 1.54) is 6.08 Å². The number of esters is 1. The van der Waals surface area contributed by atoms with Crippen LogP contribution < -0.4 is 10.2 Å². The zero-order chi connectivity index (χ0) is 30.3. The molecule has 1 saturated carbocycles. The molecule has 0 atom stereocenters. The highest BCUT2D eigenvalue weighted by molar-refractivity contribution is 6.07. The number of pyridine rings is 2. The first kappa shape index (κ1) is 29.6. The summed E-state index contributed by atoms with van der Waals surface area (Å²) in [5.74, 6) is -0.792. The number of nitrogens with one attached hydrogen (secondary N) is 2. The molecule has 0 radical (unpaired) electrons. The summed E-state index contributed by atoms with van der Waals surface area (Å²) in [5.41, 5.74) is 2.74. The van der Waals surface area contributed by atoms with Crippen molar-refractivity contribution in [2.24, 2.45) is 5.92 Å². The highest BCUT2D eigenvalue weighted by Gasteiger charge is 2.30. The number of aliphatic hydroxyl groups excluding tert-OH is 1. The third-order valence-corrected chi connectivity index (χ3v) is 7.21. The molecule has 2 amide bonds. The van der Waals surface area contributed by atoms with Gasteiger partial charge in [-0.1, -0.05) is 24.3 Å². The Bertz CT molecular complexity index is 1620. The van der Waals surface area contributed by atoms with E-state index in [0.29, 0.717) is 48.4 Å². The minimum Gasteiger partial charge on any atom is -0.460 e. The summed E-state index contributed by atoms with van der Waals surface area (Å²) in [7, 11) is 0. The third kappa shape index (κ3) is 7.49. The van der Waals surface area contributed by atoms with Gasteiger partial charge in [0.15, 0.2) is 0 Å². The van der Waals surface area contributed by atoms with E-state index in [4.69, 9.17) is 4.74 Å². The van der Waals surface area contributed by atoms with Crippen molar-refractivity contribution in [1.29, 1.82) is 0 Å². The molecule has 43 heavy (non-hydrogen) atoms. The third-order valence-electron chi connectivity index (χ3n) is 7.21.